The molecule has 0 heterocycles. The summed E-state index contributed by atoms with van der Waals surface area (Å²) in [6, 6.07) is 0. The third-order valence-corrected chi connectivity index (χ3v) is 6.44. The molecule has 2 heteroatoms. The Labute approximate surface area is 123 Å². The van der Waals surface area contributed by atoms with E-state index in [-0.39, 0.29) is 17.0 Å². The van der Waals surface area contributed by atoms with Gasteiger partial charge in [-0.05, 0) is 70.3 Å². The lowest BCUT2D eigenvalue weighted by Crippen LogP contribution is -2.59. The van der Waals surface area contributed by atoms with E-state index in [1.807, 2.05) is 19.9 Å². The van der Waals surface area contributed by atoms with Crippen molar-refractivity contribution in [3.05, 3.63) is 12.7 Å². The fourth-order valence-corrected chi connectivity index (χ4v) is 4.91. The molecule has 0 aromatic heterocycles. The molecule has 4 aliphatic carbocycles. The summed E-state index contributed by atoms with van der Waals surface area (Å²) in [5, 5.41) is 0. The van der Waals surface area contributed by atoms with Crippen LogP contribution in [0.1, 0.15) is 59.3 Å². The first-order chi connectivity index (χ1) is 9.41. The van der Waals surface area contributed by atoms with Crippen LogP contribution in [0.2, 0.25) is 0 Å². The van der Waals surface area contributed by atoms with E-state index >= 15 is 0 Å². The Balaban J connectivity index is 1.85. The Bertz CT molecular complexity index is 393. The highest BCUT2D eigenvalue weighted by Gasteiger charge is 2.58. The fourth-order valence-electron chi connectivity index (χ4n) is 4.91. The van der Waals surface area contributed by atoms with Crippen LogP contribution in [0.4, 0.5) is 0 Å². The number of ether oxygens (including phenoxy) is 1. The van der Waals surface area contributed by atoms with Crippen molar-refractivity contribution in [3.8, 4) is 0 Å². The standard InChI is InChI=1S/C18H28O2/c1-5-17(3,4)16(19)20-18(6-2)14-8-12-7-13(10-14)11-15(18)9-12/h6,12-15H,2,5,7-11H2,1,3-4H3. The zero-order valence-corrected chi connectivity index (χ0v) is 13.2. The number of rotatable bonds is 4. The molecular weight excluding hydrogens is 248 g/mol. The van der Waals surface area contributed by atoms with Crippen LogP contribution in [-0.4, -0.2) is 11.6 Å². The Morgan fingerprint density at radius 2 is 1.70 bits per heavy atom. The highest BCUT2D eigenvalue weighted by atomic mass is 16.6. The second-order valence-corrected chi connectivity index (χ2v) is 7.99. The van der Waals surface area contributed by atoms with Crippen LogP contribution in [0.3, 0.4) is 0 Å². The molecule has 4 fully saturated rings. The van der Waals surface area contributed by atoms with Gasteiger partial charge < -0.3 is 4.74 Å². The summed E-state index contributed by atoms with van der Waals surface area (Å²) in [5.74, 6) is 2.76. The second-order valence-electron chi connectivity index (χ2n) is 7.99. The van der Waals surface area contributed by atoms with Gasteiger partial charge in [0, 0.05) is 11.8 Å². The Morgan fingerprint density at radius 3 is 2.10 bits per heavy atom. The normalized spacial score (nSPS) is 42.5. The molecule has 4 saturated carbocycles. The summed E-state index contributed by atoms with van der Waals surface area (Å²) in [7, 11) is 0. The van der Waals surface area contributed by atoms with E-state index in [1.165, 1.54) is 32.1 Å². The maximum atomic E-state index is 12.6. The van der Waals surface area contributed by atoms with Gasteiger partial charge in [0.25, 0.3) is 0 Å². The van der Waals surface area contributed by atoms with Crippen molar-refractivity contribution in [2.75, 3.05) is 0 Å². The number of esters is 1. The number of carbonyl (C=O) groups is 1. The lowest BCUT2D eigenvalue weighted by molar-refractivity contribution is -0.201. The molecular formula is C18H28O2. The zero-order chi connectivity index (χ0) is 14.5. The lowest BCUT2D eigenvalue weighted by atomic mass is 9.50. The smallest absolute Gasteiger partial charge is 0.312 e. The predicted molar refractivity (Wildman–Crippen MR) is 80.1 cm³/mol. The predicted octanol–water partition coefficient (Wildman–Crippen LogP) is 4.35. The molecule has 0 atom stereocenters. The van der Waals surface area contributed by atoms with Gasteiger partial charge in [-0.2, -0.15) is 0 Å². The van der Waals surface area contributed by atoms with E-state index in [1.54, 1.807) is 0 Å². The summed E-state index contributed by atoms with van der Waals surface area (Å²) in [6.45, 7) is 10.1. The van der Waals surface area contributed by atoms with Crippen molar-refractivity contribution in [2.24, 2.45) is 29.1 Å². The van der Waals surface area contributed by atoms with Gasteiger partial charge in [-0.25, -0.2) is 0 Å². The summed E-state index contributed by atoms with van der Waals surface area (Å²) < 4.78 is 6.16. The van der Waals surface area contributed by atoms with Crippen LogP contribution in [0.25, 0.3) is 0 Å². The van der Waals surface area contributed by atoms with Gasteiger partial charge in [-0.1, -0.05) is 13.5 Å². The van der Waals surface area contributed by atoms with Gasteiger partial charge in [-0.3, -0.25) is 4.79 Å². The lowest BCUT2D eigenvalue weighted by Gasteiger charge is -2.59. The van der Waals surface area contributed by atoms with Crippen LogP contribution in [0.15, 0.2) is 12.7 Å². The monoisotopic (exact) mass is 276 g/mol. The molecule has 0 saturated heterocycles. The molecule has 4 rings (SSSR count). The molecule has 0 aromatic carbocycles. The van der Waals surface area contributed by atoms with Crippen molar-refractivity contribution < 1.29 is 9.53 Å². The molecule has 0 unspecified atom stereocenters. The zero-order valence-electron chi connectivity index (χ0n) is 13.2. The third kappa shape index (κ3) is 1.95. The van der Waals surface area contributed by atoms with Gasteiger partial charge in [0.05, 0.1) is 5.41 Å². The molecule has 112 valence electrons. The molecule has 4 bridgehead atoms. The van der Waals surface area contributed by atoms with E-state index in [0.717, 1.165) is 18.3 Å². The Morgan fingerprint density at radius 1 is 1.20 bits per heavy atom. The van der Waals surface area contributed by atoms with E-state index < -0.39 is 0 Å². The number of carbonyl (C=O) groups excluding carboxylic acids is 1. The summed E-state index contributed by atoms with van der Waals surface area (Å²) in [4.78, 5) is 12.6. The maximum Gasteiger partial charge on any atom is 0.312 e. The average molecular weight is 276 g/mol. The minimum Gasteiger partial charge on any atom is -0.454 e. The molecule has 4 aliphatic rings. The van der Waals surface area contributed by atoms with Crippen molar-refractivity contribution in [3.63, 3.8) is 0 Å². The quantitative estimate of drug-likeness (QED) is 0.564. The Kier molecular flexibility index (Phi) is 3.26. The van der Waals surface area contributed by atoms with Crippen LogP contribution in [0, 0.1) is 29.1 Å². The Hall–Kier alpha value is -0.790. The topological polar surface area (TPSA) is 26.3 Å². The van der Waals surface area contributed by atoms with Crippen LogP contribution >= 0.6 is 0 Å². The molecule has 20 heavy (non-hydrogen) atoms. The van der Waals surface area contributed by atoms with E-state index in [0.29, 0.717) is 11.8 Å². The van der Waals surface area contributed by atoms with E-state index in [2.05, 4.69) is 13.5 Å². The van der Waals surface area contributed by atoms with Crippen molar-refractivity contribution in [1.82, 2.24) is 0 Å². The molecule has 0 aliphatic heterocycles. The first-order valence-electron chi connectivity index (χ1n) is 8.28. The number of hydrogen-bond donors (Lipinski definition) is 0. The van der Waals surface area contributed by atoms with Gasteiger partial charge in [-0.15, -0.1) is 0 Å². The highest BCUT2D eigenvalue weighted by molar-refractivity contribution is 5.76. The molecule has 2 nitrogen and oxygen atoms in total. The van der Waals surface area contributed by atoms with Crippen LogP contribution < -0.4 is 0 Å². The summed E-state index contributed by atoms with van der Waals surface area (Å²) >= 11 is 0. The molecule has 0 aromatic rings. The second kappa shape index (κ2) is 4.61. The first-order valence-corrected chi connectivity index (χ1v) is 8.28. The highest BCUT2D eigenvalue weighted by Crippen LogP contribution is 2.60. The molecule has 0 N–H and O–H groups in total. The van der Waals surface area contributed by atoms with Gasteiger partial charge in [0.2, 0.25) is 0 Å². The minimum atomic E-state index is -0.384. The fraction of sp³-hybridized carbons (Fsp3) is 0.833. The van der Waals surface area contributed by atoms with Crippen LogP contribution in [0.5, 0.6) is 0 Å². The van der Waals surface area contributed by atoms with Crippen LogP contribution in [-0.2, 0) is 9.53 Å². The third-order valence-electron chi connectivity index (χ3n) is 6.44. The van der Waals surface area contributed by atoms with Gasteiger partial charge in [0.1, 0.15) is 5.60 Å². The molecule has 0 radical (unpaired) electrons. The largest absolute Gasteiger partial charge is 0.454 e. The number of hydrogen-bond acceptors (Lipinski definition) is 2. The molecule has 0 amide bonds. The van der Waals surface area contributed by atoms with Crippen molar-refractivity contribution in [2.45, 2.75) is 64.9 Å². The van der Waals surface area contributed by atoms with E-state index in [4.69, 9.17) is 4.74 Å². The maximum absolute atomic E-state index is 12.6. The van der Waals surface area contributed by atoms with Crippen molar-refractivity contribution in [1.29, 1.82) is 0 Å². The first kappa shape index (κ1) is 14.2. The summed E-state index contributed by atoms with van der Waals surface area (Å²) in [5.41, 5.74) is -0.748. The molecule has 0 spiro atoms. The summed E-state index contributed by atoms with van der Waals surface area (Å²) in [6.07, 6.45) is 9.15. The van der Waals surface area contributed by atoms with E-state index in [9.17, 15) is 4.79 Å². The minimum absolute atomic E-state index is 0.0348. The average Bonchev–Trinajstić information content (AvgIpc) is 2.42. The van der Waals surface area contributed by atoms with Gasteiger partial charge >= 0.3 is 5.97 Å². The van der Waals surface area contributed by atoms with Crippen molar-refractivity contribution >= 4 is 5.97 Å². The SMILES string of the molecule is C=CC1(OC(=O)C(C)(C)CC)C2CC3CC(C2)CC1C3. The van der Waals surface area contributed by atoms with Gasteiger partial charge in [0.15, 0.2) is 0 Å².